The molecule has 1 aliphatic heterocycles. The van der Waals surface area contributed by atoms with Gasteiger partial charge in [0.2, 0.25) is 0 Å². The lowest BCUT2D eigenvalue weighted by Gasteiger charge is -2.20. The van der Waals surface area contributed by atoms with Gasteiger partial charge in [-0.25, -0.2) is 0 Å². The highest BCUT2D eigenvalue weighted by Crippen LogP contribution is 2.32. The lowest BCUT2D eigenvalue weighted by Crippen LogP contribution is -2.23. The number of hydrogen-bond acceptors (Lipinski definition) is 1. The summed E-state index contributed by atoms with van der Waals surface area (Å²) in [6, 6.07) is 11.8. The fourth-order valence-corrected chi connectivity index (χ4v) is 3.30. The second kappa shape index (κ2) is 3.84. The number of aromatic nitrogens is 1. The van der Waals surface area contributed by atoms with Gasteiger partial charge in [-0.15, -0.1) is 0 Å². The van der Waals surface area contributed by atoms with E-state index in [1.54, 1.807) is 6.07 Å². The zero-order valence-corrected chi connectivity index (χ0v) is 11.1. The van der Waals surface area contributed by atoms with Gasteiger partial charge in [0.1, 0.15) is 0 Å². The van der Waals surface area contributed by atoms with Crippen LogP contribution in [0.15, 0.2) is 41.2 Å². The Labute approximate surface area is 115 Å². The summed E-state index contributed by atoms with van der Waals surface area (Å²) in [6.07, 6.45) is 2.07. The first-order chi connectivity index (χ1) is 9.24. The Morgan fingerprint density at radius 3 is 2.84 bits per heavy atom. The molecule has 0 N–H and O–H groups in total. The zero-order chi connectivity index (χ0) is 13.0. The van der Waals surface area contributed by atoms with Crippen LogP contribution < -0.4 is 5.56 Å². The van der Waals surface area contributed by atoms with Crippen LogP contribution in [0.5, 0.6) is 0 Å². The quantitative estimate of drug-likeness (QED) is 0.570. The molecule has 0 saturated carbocycles. The molecule has 0 amide bonds. The molecule has 19 heavy (non-hydrogen) atoms. The molecule has 0 radical (unpaired) electrons. The Morgan fingerprint density at radius 2 is 1.95 bits per heavy atom. The highest BCUT2D eigenvalue weighted by molar-refractivity contribution is 6.31. The predicted molar refractivity (Wildman–Crippen MR) is 79.0 cm³/mol. The first kappa shape index (κ1) is 11.1. The van der Waals surface area contributed by atoms with Crippen LogP contribution in [0, 0.1) is 0 Å². The minimum Gasteiger partial charge on any atom is -0.308 e. The number of nitrogens with zero attached hydrogens (tertiary/aromatic N) is 1. The second-order valence-electron chi connectivity index (χ2n) is 5.09. The minimum atomic E-state index is 0.0924. The van der Waals surface area contributed by atoms with Crippen LogP contribution in [0.2, 0.25) is 5.02 Å². The standard InChI is InChI=1S/C16H12ClNO/c17-12-4-3-10-8-11-2-1-7-18-15(19)6-5-13(16(11)18)14(10)9-12/h3-6,8-9H,1-2,7H2. The van der Waals surface area contributed by atoms with Gasteiger partial charge in [-0.1, -0.05) is 17.7 Å². The van der Waals surface area contributed by atoms with Crippen LogP contribution in [-0.4, -0.2) is 4.57 Å². The van der Waals surface area contributed by atoms with E-state index in [4.69, 9.17) is 11.6 Å². The van der Waals surface area contributed by atoms with Crippen molar-refractivity contribution in [1.82, 2.24) is 4.57 Å². The van der Waals surface area contributed by atoms with Crippen molar-refractivity contribution >= 4 is 33.3 Å². The molecule has 94 valence electrons. The molecule has 0 fully saturated rings. The smallest absolute Gasteiger partial charge is 0.251 e. The molecule has 3 aromatic rings. The number of hydrogen-bond donors (Lipinski definition) is 0. The zero-order valence-electron chi connectivity index (χ0n) is 10.3. The molecule has 0 aliphatic carbocycles. The maximum absolute atomic E-state index is 12.0. The van der Waals surface area contributed by atoms with Gasteiger partial charge in [0.05, 0.1) is 5.52 Å². The van der Waals surface area contributed by atoms with Gasteiger partial charge < -0.3 is 4.57 Å². The van der Waals surface area contributed by atoms with Crippen molar-refractivity contribution in [2.75, 3.05) is 0 Å². The van der Waals surface area contributed by atoms with E-state index in [-0.39, 0.29) is 5.56 Å². The van der Waals surface area contributed by atoms with Gasteiger partial charge in [-0.05, 0) is 53.4 Å². The van der Waals surface area contributed by atoms with E-state index in [1.165, 1.54) is 10.9 Å². The predicted octanol–water partition coefficient (Wildman–Crippen LogP) is 3.75. The van der Waals surface area contributed by atoms with Crippen LogP contribution in [-0.2, 0) is 13.0 Å². The van der Waals surface area contributed by atoms with Crippen molar-refractivity contribution in [2.45, 2.75) is 19.4 Å². The van der Waals surface area contributed by atoms with Gasteiger partial charge in [0, 0.05) is 23.0 Å². The Bertz CT molecular complexity index is 879. The van der Waals surface area contributed by atoms with E-state index in [9.17, 15) is 4.79 Å². The SMILES string of the molecule is O=c1ccc2c3cc(Cl)ccc3cc3c2n1CCC3. The van der Waals surface area contributed by atoms with Crippen LogP contribution in [0.1, 0.15) is 12.0 Å². The monoisotopic (exact) mass is 269 g/mol. The molecular weight excluding hydrogens is 258 g/mol. The summed E-state index contributed by atoms with van der Waals surface area (Å²) in [5.74, 6) is 0. The Hall–Kier alpha value is -1.80. The van der Waals surface area contributed by atoms with Crippen molar-refractivity contribution in [3.8, 4) is 0 Å². The second-order valence-corrected chi connectivity index (χ2v) is 5.53. The van der Waals surface area contributed by atoms with Crippen molar-refractivity contribution in [3.05, 3.63) is 57.3 Å². The minimum absolute atomic E-state index is 0.0924. The summed E-state index contributed by atoms with van der Waals surface area (Å²) >= 11 is 6.11. The number of pyridine rings is 1. The van der Waals surface area contributed by atoms with Crippen molar-refractivity contribution < 1.29 is 0 Å². The van der Waals surface area contributed by atoms with E-state index < -0.39 is 0 Å². The molecule has 2 nitrogen and oxygen atoms in total. The van der Waals surface area contributed by atoms with Crippen molar-refractivity contribution in [3.63, 3.8) is 0 Å². The molecular formula is C16H12ClNO. The molecule has 0 atom stereocenters. The number of aryl methyl sites for hydroxylation is 2. The first-order valence-electron chi connectivity index (χ1n) is 6.49. The summed E-state index contributed by atoms with van der Waals surface area (Å²) in [7, 11) is 0. The molecule has 0 bridgehead atoms. The highest BCUT2D eigenvalue weighted by Gasteiger charge is 2.15. The van der Waals surface area contributed by atoms with E-state index in [2.05, 4.69) is 12.1 Å². The maximum atomic E-state index is 12.0. The third-order valence-corrected chi connectivity index (χ3v) is 4.19. The molecule has 4 rings (SSSR count). The highest BCUT2D eigenvalue weighted by atomic mass is 35.5. The van der Waals surface area contributed by atoms with Crippen LogP contribution in [0.25, 0.3) is 21.7 Å². The Kier molecular flexibility index (Phi) is 2.24. The largest absolute Gasteiger partial charge is 0.308 e. The molecule has 1 aliphatic rings. The fourth-order valence-electron chi connectivity index (χ4n) is 3.13. The van der Waals surface area contributed by atoms with E-state index in [0.717, 1.165) is 40.7 Å². The summed E-state index contributed by atoms with van der Waals surface area (Å²) in [5, 5.41) is 4.19. The molecule has 3 heteroatoms. The normalized spacial score (nSPS) is 14.2. The summed E-state index contributed by atoms with van der Waals surface area (Å²) in [6.45, 7) is 0.815. The van der Waals surface area contributed by atoms with E-state index >= 15 is 0 Å². The average molecular weight is 270 g/mol. The number of fused-ring (bicyclic) bond motifs is 2. The molecule has 0 unspecified atom stereocenters. The Morgan fingerprint density at radius 1 is 1.05 bits per heavy atom. The summed E-state index contributed by atoms with van der Waals surface area (Å²) in [4.78, 5) is 12.0. The maximum Gasteiger partial charge on any atom is 0.251 e. The summed E-state index contributed by atoms with van der Waals surface area (Å²) in [5.41, 5.74) is 2.46. The topological polar surface area (TPSA) is 22.0 Å². The van der Waals surface area contributed by atoms with Crippen molar-refractivity contribution in [1.29, 1.82) is 0 Å². The molecule has 0 saturated heterocycles. The molecule has 1 aromatic heterocycles. The van der Waals surface area contributed by atoms with E-state index in [1.807, 2.05) is 22.8 Å². The third kappa shape index (κ3) is 1.53. The molecule has 2 heterocycles. The fraction of sp³-hybridized carbons (Fsp3) is 0.188. The van der Waals surface area contributed by atoms with Crippen LogP contribution >= 0.6 is 11.6 Å². The van der Waals surface area contributed by atoms with Gasteiger partial charge in [0.15, 0.2) is 0 Å². The van der Waals surface area contributed by atoms with Gasteiger partial charge in [-0.3, -0.25) is 4.79 Å². The summed E-state index contributed by atoms with van der Waals surface area (Å²) < 4.78 is 1.90. The van der Waals surface area contributed by atoms with Gasteiger partial charge in [0.25, 0.3) is 5.56 Å². The van der Waals surface area contributed by atoms with Crippen LogP contribution in [0.3, 0.4) is 0 Å². The lowest BCUT2D eigenvalue weighted by atomic mass is 9.96. The lowest BCUT2D eigenvalue weighted by molar-refractivity contribution is 0.616. The van der Waals surface area contributed by atoms with Crippen molar-refractivity contribution in [2.24, 2.45) is 0 Å². The number of rotatable bonds is 0. The third-order valence-electron chi connectivity index (χ3n) is 3.95. The van der Waals surface area contributed by atoms with Gasteiger partial charge in [-0.2, -0.15) is 0 Å². The van der Waals surface area contributed by atoms with Crippen LogP contribution in [0.4, 0.5) is 0 Å². The van der Waals surface area contributed by atoms with E-state index in [0.29, 0.717) is 0 Å². The average Bonchev–Trinajstić information content (AvgIpc) is 2.42. The Balaban J connectivity index is 2.31. The molecule has 0 spiro atoms. The van der Waals surface area contributed by atoms with Gasteiger partial charge >= 0.3 is 0 Å². The number of halogens is 1. The first-order valence-corrected chi connectivity index (χ1v) is 6.86. The number of benzene rings is 2. The molecule has 2 aromatic carbocycles.